The molecule has 0 radical (unpaired) electrons. The van der Waals surface area contributed by atoms with Crippen LogP contribution in [0.5, 0.6) is 0 Å². The minimum atomic E-state index is -1.17. The molecule has 1 aliphatic heterocycles. The fourth-order valence-corrected chi connectivity index (χ4v) is 6.00. The van der Waals surface area contributed by atoms with Gasteiger partial charge in [-0.05, 0) is 35.1 Å². The van der Waals surface area contributed by atoms with E-state index in [2.05, 4.69) is 48.7 Å². The van der Waals surface area contributed by atoms with Gasteiger partial charge in [-0.3, -0.25) is 0 Å². The van der Waals surface area contributed by atoms with Gasteiger partial charge < -0.3 is 0 Å². The summed E-state index contributed by atoms with van der Waals surface area (Å²) in [5.74, 6) is 0. The summed E-state index contributed by atoms with van der Waals surface area (Å²) in [5.41, 5.74) is 4.17. The van der Waals surface area contributed by atoms with Crippen LogP contribution in [0.15, 0.2) is 18.5 Å². The Morgan fingerprint density at radius 3 is 2.83 bits per heavy atom. The molecule has 3 heteroatoms. The van der Waals surface area contributed by atoms with Gasteiger partial charge in [-0.25, -0.2) is 4.57 Å². The molecule has 0 fully saturated rings. The predicted octanol–water partition coefficient (Wildman–Crippen LogP) is 2.09. The number of fused-ring (bicyclic) bond motifs is 2. The molecule has 0 N–H and O–H groups in total. The Bertz CT molecular complexity index is 632. The lowest BCUT2D eigenvalue weighted by atomic mass is 10.1. The van der Waals surface area contributed by atoms with E-state index in [1.165, 1.54) is 29.1 Å². The molecule has 1 aromatic heterocycles. The zero-order valence-corrected chi connectivity index (χ0v) is 12.7. The molecular formula is C15H21N2Si+. The van der Waals surface area contributed by atoms with Gasteiger partial charge in [0.15, 0.2) is 5.52 Å². The second-order valence-electron chi connectivity index (χ2n) is 6.07. The first-order valence-corrected chi connectivity index (χ1v) is 10.0. The normalized spacial score (nSPS) is 17.1. The summed E-state index contributed by atoms with van der Waals surface area (Å²) >= 11 is 0. The summed E-state index contributed by atoms with van der Waals surface area (Å²) in [6.45, 7) is 7.18. The Kier molecular flexibility index (Phi) is 2.56. The number of rotatable bonds is 1. The average Bonchev–Trinajstić information content (AvgIpc) is 2.63. The molecule has 2 nitrogen and oxygen atoms in total. The molecule has 1 aliphatic rings. The van der Waals surface area contributed by atoms with Gasteiger partial charge in [-0.2, -0.15) is 0 Å². The van der Waals surface area contributed by atoms with E-state index in [0.29, 0.717) is 0 Å². The van der Waals surface area contributed by atoms with Gasteiger partial charge in [-0.15, -0.1) is 0 Å². The summed E-state index contributed by atoms with van der Waals surface area (Å²) in [5, 5.41) is 2.99. The minimum Gasteiger partial charge on any atom is -0.236 e. The zero-order chi connectivity index (χ0) is 12.9. The summed E-state index contributed by atoms with van der Waals surface area (Å²) in [4.78, 5) is 4.62. The Morgan fingerprint density at radius 2 is 2.11 bits per heavy atom. The van der Waals surface area contributed by atoms with Crippen LogP contribution in [0.2, 0.25) is 19.1 Å². The summed E-state index contributed by atoms with van der Waals surface area (Å²) < 4.78 is 2.16. The van der Waals surface area contributed by atoms with Crippen molar-refractivity contribution >= 4 is 24.2 Å². The molecule has 2 heterocycles. The maximum atomic E-state index is 4.62. The third kappa shape index (κ3) is 1.61. The highest BCUT2D eigenvalue weighted by Crippen LogP contribution is 2.27. The van der Waals surface area contributed by atoms with Crippen LogP contribution < -0.4 is 9.75 Å². The van der Waals surface area contributed by atoms with Crippen molar-refractivity contribution < 1.29 is 4.57 Å². The van der Waals surface area contributed by atoms with E-state index in [9.17, 15) is 0 Å². The molecule has 0 atom stereocenters. The van der Waals surface area contributed by atoms with Crippen molar-refractivity contribution in [3.8, 4) is 0 Å². The van der Waals surface area contributed by atoms with Crippen molar-refractivity contribution in [2.45, 2.75) is 38.9 Å². The zero-order valence-electron chi connectivity index (χ0n) is 11.7. The van der Waals surface area contributed by atoms with E-state index in [0.717, 1.165) is 6.42 Å². The number of aryl methyl sites for hydroxylation is 3. The highest BCUT2D eigenvalue weighted by Gasteiger charge is 2.33. The molecule has 2 aromatic rings. The van der Waals surface area contributed by atoms with Gasteiger partial charge in [0.05, 0.1) is 20.5 Å². The van der Waals surface area contributed by atoms with Gasteiger partial charge >= 0.3 is 0 Å². The lowest BCUT2D eigenvalue weighted by Crippen LogP contribution is -2.38. The van der Waals surface area contributed by atoms with Crippen LogP contribution in [0.25, 0.3) is 10.9 Å². The van der Waals surface area contributed by atoms with Crippen LogP contribution in [0.4, 0.5) is 0 Å². The highest BCUT2D eigenvalue weighted by atomic mass is 28.3. The first-order chi connectivity index (χ1) is 8.53. The average molecular weight is 257 g/mol. The molecule has 3 rings (SSSR count). The molecular weight excluding hydrogens is 236 g/mol. The number of nitrogens with zero attached hydrogens (tertiary/aromatic N) is 2. The van der Waals surface area contributed by atoms with Crippen LogP contribution in [0.1, 0.15) is 18.2 Å². The van der Waals surface area contributed by atoms with Gasteiger partial charge in [-0.1, -0.05) is 25.2 Å². The van der Waals surface area contributed by atoms with Crippen LogP contribution >= 0.6 is 0 Å². The fourth-order valence-electron chi connectivity index (χ4n) is 3.24. The first-order valence-electron chi connectivity index (χ1n) is 6.83. The van der Waals surface area contributed by atoms with Gasteiger partial charge in [0.1, 0.15) is 5.69 Å². The summed E-state index contributed by atoms with van der Waals surface area (Å²) in [7, 11) is 0.928. The Hall–Kier alpha value is -1.22. The highest BCUT2D eigenvalue weighted by molar-refractivity contribution is 6.91. The van der Waals surface area contributed by atoms with Crippen LogP contribution in [-0.4, -0.2) is 13.1 Å². The molecule has 0 aliphatic carbocycles. The minimum absolute atomic E-state index is 1.06. The smallest absolute Gasteiger partial charge is 0.236 e. The molecule has 1 aromatic carbocycles. The second-order valence-corrected chi connectivity index (χ2v) is 10.9. The molecule has 0 saturated heterocycles. The van der Waals surface area contributed by atoms with Crippen LogP contribution in [-0.2, 0) is 19.9 Å². The number of hydrogen-bond acceptors (Lipinski definition) is 1. The van der Waals surface area contributed by atoms with Gasteiger partial charge in [0.25, 0.3) is 6.33 Å². The summed E-state index contributed by atoms with van der Waals surface area (Å²) in [6, 6.07) is 6.19. The van der Waals surface area contributed by atoms with Gasteiger partial charge in [0, 0.05) is 6.42 Å². The molecule has 0 unspecified atom stereocenters. The number of aromatic nitrogens is 2. The molecule has 18 heavy (non-hydrogen) atoms. The van der Waals surface area contributed by atoms with E-state index in [4.69, 9.17) is 0 Å². The predicted molar refractivity (Wildman–Crippen MR) is 77.9 cm³/mol. The molecule has 0 bridgehead atoms. The largest absolute Gasteiger partial charge is 0.286 e. The van der Waals surface area contributed by atoms with E-state index in [-0.39, 0.29) is 0 Å². The Morgan fingerprint density at radius 1 is 1.33 bits per heavy atom. The van der Waals surface area contributed by atoms with E-state index in [1.807, 2.05) is 6.33 Å². The van der Waals surface area contributed by atoms with Crippen molar-refractivity contribution in [3.63, 3.8) is 0 Å². The lowest BCUT2D eigenvalue weighted by molar-refractivity contribution is -0.680. The Labute approximate surface area is 110 Å². The number of hydrogen-bond donors (Lipinski definition) is 0. The van der Waals surface area contributed by atoms with Crippen LogP contribution in [0.3, 0.4) is 0 Å². The monoisotopic (exact) mass is 257 g/mol. The second kappa shape index (κ2) is 3.89. The maximum Gasteiger partial charge on any atom is 0.286 e. The van der Waals surface area contributed by atoms with Crippen LogP contribution in [0, 0.1) is 0 Å². The third-order valence-electron chi connectivity index (χ3n) is 4.41. The van der Waals surface area contributed by atoms with E-state index < -0.39 is 8.07 Å². The lowest BCUT2D eigenvalue weighted by Gasteiger charge is -2.16. The topological polar surface area (TPSA) is 16.8 Å². The number of benzene rings is 1. The molecule has 94 valence electrons. The van der Waals surface area contributed by atoms with Crippen molar-refractivity contribution in [1.29, 1.82) is 0 Å². The van der Waals surface area contributed by atoms with Gasteiger partial charge in [0.2, 0.25) is 0 Å². The third-order valence-corrected chi connectivity index (χ3v) is 7.84. The molecule has 0 spiro atoms. The molecule has 0 amide bonds. The maximum absolute atomic E-state index is 4.62. The first kappa shape index (κ1) is 11.8. The SMILES string of the molecule is CCc1c2cc3c(cc2nc[n+]1C)[Si](C)(C)CC3. The van der Waals surface area contributed by atoms with Crippen molar-refractivity contribution in [2.75, 3.05) is 0 Å². The summed E-state index contributed by atoms with van der Waals surface area (Å²) in [6.07, 6.45) is 4.29. The van der Waals surface area contributed by atoms with E-state index >= 15 is 0 Å². The Balaban J connectivity index is 2.33. The van der Waals surface area contributed by atoms with Crippen molar-refractivity contribution in [1.82, 2.24) is 4.98 Å². The van der Waals surface area contributed by atoms with Crippen molar-refractivity contribution in [2.24, 2.45) is 7.05 Å². The fraction of sp³-hybridized carbons (Fsp3) is 0.467. The quantitative estimate of drug-likeness (QED) is 0.565. The van der Waals surface area contributed by atoms with E-state index in [1.54, 1.807) is 10.8 Å². The standard InChI is InChI=1S/C15H21N2Si/c1-5-14-12-8-11-6-7-18(3,4)15(11)9-13(12)16-10-17(14)2/h8-10H,5-7H2,1-4H3/q+1. The van der Waals surface area contributed by atoms with Crippen molar-refractivity contribution in [3.05, 3.63) is 29.7 Å². The molecule has 0 saturated carbocycles.